The van der Waals surface area contributed by atoms with Gasteiger partial charge < -0.3 is 9.47 Å². The molecule has 1 aromatic rings. The highest BCUT2D eigenvalue weighted by molar-refractivity contribution is 5.99. The van der Waals surface area contributed by atoms with E-state index < -0.39 is 0 Å². The Morgan fingerprint density at radius 1 is 1.47 bits per heavy atom. The maximum Gasteiger partial charge on any atom is 0.188 e. The van der Waals surface area contributed by atoms with Crippen molar-refractivity contribution in [1.29, 1.82) is 0 Å². The van der Waals surface area contributed by atoms with Gasteiger partial charge in [0.2, 0.25) is 0 Å². The molecule has 80 valence electrons. The first-order chi connectivity index (χ1) is 7.31. The summed E-state index contributed by atoms with van der Waals surface area (Å²) in [6.45, 7) is 3.34. The molecular weight excluding hydrogens is 192 g/mol. The molecule has 15 heavy (non-hydrogen) atoms. The van der Waals surface area contributed by atoms with Crippen LogP contribution in [-0.2, 0) is 11.2 Å². The van der Waals surface area contributed by atoms with Crippen LogP contribution in [0.1, 0.15) is 22.8 Å². The Balaban J connectivity index is 2.35. The summed E-state index contributed by atoms with van der Waals surface area (Å²) in [5.74, 6) is 0.801. The standard InChI is InChI=1S/C12H14O3/c1-2-15-10-4-3-9-5-6-14-8-12(13)11(9)7-10/h3-4,7H,2,5-6,8H2,1H3. The van der Waals surface area contributed by atoms with E-state index >= 15 is 0 Å². The van der Waals surface area contributed by atoms with Crippen LogP contribution in [0.2, 0.25) is 0 Å². The van der Waals surface area contributed by atoms with E-state index in [9.17, 15) is 4.79 Å². The molecule has 0 N–H and O–H groups in total. The van der Waals surface area contributed by atoms with Gasteiger partial charge in [-0.25, -0.2) is 0 Å². The molecule has 2 rings (SSSR count). The number of carbonyl (C=O) groups is 1. The highest BCUT2D eigenvalue weighted by atomic mass is 16.5. The van der Waals surface area contributed by atoms with Gasteiger partial charge in [-0.3, -0.25) is 4.79 Å². The molecule has 0 unspecified atom stereocenters. The minimum atomic E-state index is 0.0454. The summed E-state index contributed by atoms with van der Waals surface area (Å²) in [6, 6.07) is 5.67. The van der Waals surface area contributed by atoms with Crippen molar-refractivity contribution in [2.24, 2.45) is 0 Å². The van der Waals surface area contributed by atoms with Crippen molar-refractivity contribution < 1.29 is 14.3 Å². The average Bonchev–Trinajstić information content (AvgIpc) is 2.42. The second kappa shape index (κ2) is 4.45. The summed E-state index contributed by atoms with van der Waals surface area (Å²) in [6.07, 6.45) is 0.799. The van der Waals surface area contributed by atoms with Crippen LogP contribution < -0.4 is 4.74 Å². The second-order valence-electron chi connectivity index (χ2n) is 3.48. The normalized spacial score (nSPS) is 15.7. The highest BCUT2D eigenvalue weighted by Crippen LogP contribution is 2.21. The predicted molar refractivity (Wildman–Crippen MR) is 56.5 cm³/mol. The van der Waals surface area contributed by atoms with Gasteiger partial charge in [-0.2, -0.15) is 0 Å². The molecule has 1 aliphatic heterocycles. The van der Waals surface area contributed by atoms with Gasteiger partial charge in [-0.05, 0) is 31.0 Å². The van der Waals surface area contributed by atoms with Gasteiger partial charge in [0.25, 0.3) is 0 Å². The van der Waals surface area contributed by atoms with Gasteiger partial charge in [0.15, 0.2) is 5.78 Å². The molecule has 0 aromatic heterocycles. The molecule has 0 spiro atoms. The fourth-order valence-corrected chi connectivity index (χ4v) is 1.71. The maximum absolute atomic E-state index is 11.7. The van der Waals surface area contributed by atoms with Crippen molar-refractivity contribution in [2.45, 2.75) is 13.3 Å². The van der Waals surface area contributed by atoms with Crippen molar-refractivity contribution >= 4 is 5.78 Å². The molecule has 1 heterocycles. The number of ketones is 1. The topological polar surface area (TPSA) is 35.5 Å². The molecule has 3 heteroatoms. The highest BCUT2D eigenvalue weighted by Gasteiger charge is 2.16. The maximum atomic E-state index is 11.7. The Labute approximate surface area is 89.0 Å². The molecule has 1 aliphatic rings. The first kappa shape index (κ1) is 10.2. The van der Waals surface area contributed by atoms with Crippen molar-refractivity contribution in [1.82, 2.24) is 0 Å². The second-order valence-corrected chi connectivity index (χ2v) is 3.48. The fraction of sp³-hybridized carbons (Fsp3) is 0.417. The van der Waals surface area contributed by atoms with E-state index in [1.807, 2.05) is 25.1 Å². The molecule has 0 bridgehead atoms. The zero-order valence-corrected chi connectivity index (χ0v) is 8.79. The lowest BCUT2D eigenvalue weighted by atomic mass is 10.0. The Kier molecular flexibility index (Phi) is 3.02. The summed E-state index contributed by atoms with van der Waals surface area (Å²) >= 11 is 0. The van der Waals surface area contributed by atoms with E-state index in [0.29, 0.717) is 13.2 Å². The lowest BCUT2D eigenvalue weighted by Crippen LogP contribution is -2.07. The van der Waals surface area contributed by atoms with Gasteiger partial charge >= 0.3 is 0 Å². The summed E-state index contributed by atoms with van der Waals surface area (Å²) < 4.78 is 10.6. The van der Waals surface area contributed by atoms with E-state index in [1.165, 1.54) is 0 Å². The van der Waals surface area contributed by atoms with Crippen LogP contribution in [0.5, 0.6) is 5.75 Å². The number of Topliss-reactive ketones (excluding diaryl/α,β-unsaturated/α-hetero) is 1. The first-order valence-electron chi connectivity index (χ1n) is 5.18. The monoisotopic (exact) mass is 206 g/mol. The fourth-order valence-electron chi connectivity index (χ4n) is 1.71. The van der Waals surface area contributed by atoms with Crippen molar-refractivity contribution in [3.63, 3.8) is 0 Å². The minimum absolute atomic E-state index is 0.0454. The van der Waals surface area contributed by atoms with E-state index in [4.69, 9.17) is 9.47 Å². The molecule has 0 radical (unpaired) electrons. The third kappa shape index (κ3) is 2.18. The smallest absolute Gasteiger partial charge is 0.188 e. The molecule has 3 nitrogen and oxygen atoms in total. The molecule has 0 atom stereocenters. The molecule has 0 aliphatic carbocycles. The van der Waals surface area contributed by atoms with Crippen LogP contribution in [-0.4, -0.2) is 25.6 Å². The minimum Gasteiger partial charge on any atom is -0.494 e. The van der Waals surface area contributed by atoms with Gasteiger partial charge in [0, 0.05) is 5.56 Å². The number of benzene rings is 1. The van der Waals surface area contributed by atoms with Gasteiger partial charge in [-0.15, -0.1) is 0 Å². The molecular formula is C12H14O3. The molecule has 0 amide bonds. The Bertz CT molecular complexity index is 371. The van der Waals surface area contributed by atoms with Gasteiger partial charge in [0.1, 0.15) is 12.4 Å². The Morgan fingerprint density at radius 3 is 3.13 bits per heavy atom. The zero-order chi connectivity index (χ0) is 10.7. The van der Waals surface area contributed by atoms with E-state index in [2.05, 4.69) is 0 Å². The van der Waals surface area contributed by atoms with E-state index in [1.54, 1.807) is 0 Å². The lowest BCUT2D eigenvalue weighted by Gasteiger charge is -2.07. The quantitative estimate of drug-likeness (QED) is 0.740. The number of fused-ring (bicyclic) bond motifs is 1. The third-order valence-electron chi connectivity index (χ3n) is 2.44. The summed E-state index contributed by atoms with van der Waals surface area (Å²) in [4.78, 5) is 11.7. The average molecular weight is 206 g/mol. The first-order valence-corrected chi connectivity index (χ1v) is 5.18. The van der Waals surface area contributed by atoms with E-state index in [0.717, 1.165) is 23.3 Å². The molecule has 0 saturated heterocycles. The third-order valence-corrected chi connectivity index (χ3v) is 2.44. The number of hydrogen-bond acceptors (Lipinski definition) is 3. The van der Waals surface area contributed by atoms with Crippen molar-refractivity contribution in [3.8, 4) is 5.75 Å². The van der Waals surface area contributed by atoms with Gasteiger partial charge in [-0.1, -0.05) is 6.07 Å². The van der Waals surface area contributed by atoms with Crippen LogP contribution in [0.15, 0.2) is 18.2 Å². The molecule has 0 fully saturated rings. The predicted octanol–water partition coefficient (Wildman–Crippen LogP) is 1.84. The number of rotatable bonds is 2. The van der Waals surface area contributed by atoms with Gasteiger partial charge in [0.05, 0.1) is 13.2 Å². The van der Waals surface area contributed by atoms with Crippen LogP contribution >= 0.6 is 0 Å². The number of carbonyl (C=O) groups excluding carboxylic acids is 1. The Morgan fingerprint density at radius 2 is 2.33 bits per heavy atom. The Hall–Kier alpha value is -1.35. The largest absolute Gasteiger partial charge is 0.494 e. The number of hydrogen-bond donors (Lipinski definition) is 0. The lowest BCUT2D eigenvalue weighted by molar-refractivity contribution is 0.0788. The molecule has 1 aromatic carbocycles. The van der Waals surface area contributed by atoms with E-state index in [-0.39, 0.29) is 12.4 Å². The molecule has 0 saturated carbocycles. The van der Waals surface area contributed by atoms with Crippen LogP contribution in [0, 0.1) is 0 Å². The summed E-state index contributed by atoms with van der Waals surface area (Å²) in [5.41, 5.74) is 1.81. The van der Waals surface area contributed by atoms with Crippen LogP contribution in [0.4, 0.5) is 0 Å². The van der Waals surface area contributed by atoms with Crippen LogP contribution in [0.25, 0.3) is 0 Å². The summed E-state index contributed by atoms with van der Waals surface area (Å²) in [7, 11) is 0. The summed E-state index contributed by atoms with van der Waals surface area (Å²) in [5, 5.41) is 0. The zero-order valence-electron chi connectivity index (χ0n) is 8.79. The number of ether oxygens (including phenoxy) is 2. The van der Waals surface area contributed by atoms with Crippen LogP contribution in [0.3, 0.4) is 0 Å². The SMILES string of the molecule is CCOc1ccc2c(c1)C(=O)COCC2. The van der Waals surface area contributed by atoms with Crippen molar-refractivity contribution in [2.75, 3.05) is 19.8 Å². The van der Waals surface area contributed by atoms with Crippen molar-refractivity contribution in [3.05, 3.63) is 29.3 Å².